The normalized spacial score (nSPS) is 13.4. The number of rotatable bonds is 19. The standard InChI is InChI=1S/C36H52N2/c1-4-7-10-12-14-16-20-30-22-18-25-32(27-30)35-29-34(24-9-6-3)36(38(35)37)33-26-19-23-31(28-33)21-17-15-13-11-8-5-2/h18-19,22-23,25-29H,4-17,20-21,24H2,1-3H3. The summed E-state index contributed by atoms with van der Waals surface area (Å²) in [5.41, 5.74) is 19.6. The summed E-state index contributed by atoms with van der Waals surface area (Å²) in [6.07, 6.45) is 23.5. The first kappa shape index (κ1) is 30.1. The summed E-state index contributed by atoms with van der Waals surface area (Å²) in [6.45, 7) is 6.79. The number of unbranched alkanes of at least 4 members (excludes halogenated alkanes) is 11. The van der Waals surface area contributed by atoms with Gasteiger partial charge in [0.05, 0.1) is 0 Å². The maximum atomic E-state index is 11.5. The Bertz CT molecular complexity index is 1060. The summed E-state index contributed by atoms with van der Waals surface area (Å²) >= 11 is 0. The van der Waals surface area contributed by atoms with E-state index in [1.165, 1.54) is 98.4 Å². The van der Waals surface area contributed by atoms with Crippen molar-refractivity contribution >= 4 is 11.4 Å². The fraction of sp³-hybridized carbons (Fsp3) is 0.556. The molecule has 1 heterocycles. The van der Waals surface area contributed by atoms with Crippen LogP contribution in [0.25, 0.3) is 16.9 Å². The van der Waals surface area contributed by atoms with Crippen LogP contribution in [0, 0.1) is 0 Å². The molecule has 1 aliphatic rings. The molecule has 0 amide bonds. The van der Waals surface area contributed by atoms with Crippen molar-refractivity contribution in [1.29, 1.82) is 0 Å². The minimum absolute atomic E-state index is 0.914. The second kappa shape index (κ2) is 17.2. The fourth-order valence-corrected chi connectivity index (χ4v) is 5.60. The van der Waals surface area contributed by atoms with Crippen LogP contribution in [0.5, 0.6) is 0 Å². The SMILES string of the molecule is CCCCCCCCc1cccc(C2=CC(CCCC)=C(c3cccc(CCCCCCCC)c3)[N+]2=[N-])c1. The summed E-state index contributed by atoms with van der Waals surface area (Å²) in [6, 6.07) is 17.7. The highest BCUT2D eigenvalue weighted by molar-refractivity contribution is 5.78. The van der Waals surface area contributed by atoms with Crippen molar-refractivity contribution in [2.45, 2.75) is 130 Å². The fourth-order valence-electron chi connectivity index (χ4n) is 5.60. The minimum atomic E-state index is 0.914. The van der Waals surface area contributed by atoms with Gasteiger partial charge in [0, 0.05) is 22.8 Å². The predicted molar refractivity (Wildman–Crippen MR) is 165 cm³/mol. The molecule has 0 unspecified atom stereocenters. The monoisotopic (exact) mass is 512 g/mol. The van der Waals surface area contributed by atoms with Gasteiger partial charge in [0.25, 0.3) is 0 Å². The Morgan fingerprint density at radius 3 is 1.63 bits per heavy atom. The first-order chi connectivity index (χ1) is 18.7. The quantitative estimate of drug-likeness (QED) is 0.132. The van der Waals surface area contributed by atoms with E-state index < -0.39 is 0 Å². The van der Waals surface area contributed by atoms with Gasteiger partial charge in [-0.1, -0.05) is 116 Å². The number of benzene rings is 2. The average molecular weight is 513 g/mol. The Morgan fingerprint density at radius 1 is 0.553 bits per heavy atom. The summed E-state index contributed by atoms with van der Waals surface area (Å²) in [5, 5.41) is 0. The maximum Gasteiger partial charge on any atom is 0.210 e. The molecule has 1 aliphatic heterocycles. The molecule has 0 fully saturated rings. The maximum absolute atomic E-state index is 11.5. The van der Waals surface area contributed by atoms with Gasteiger partial charge < -0.3 is 5.53 Å². The zero-order valence-corrected chi connectivity index (χ0v) is 24.6. The molecule has 0 atom stereocenters. The zero-order chi connectivity index (χ0) is 27.0. The van der Waals surface area contributed by atoms with Crippen molar-refractivity contribution in [3.8, 4) is 0 Å². The number of allylic oxidation sites excluding steroid dienone is 2. The molecule has 2 heteroatoms. The summed E-state index contributed by atoms with van der Waals surface area (Å²) in [5.74, 6) is 0. The smallest absolute Gasteiger partial charge is 0.210 e. The molecular weight excluding hydrogens is 460 g/mol. The van der Waals surface area contributed by atoms with E-state index in [0.717, 1.165) is 54.6 Å². The van der Waals surface area contributed by atoms with Crippen LogP contribution >= 0.6 is 0 Å². The molecule has 0 saturated heterocycles. The van der Waals surface area contributed by atoms with Crippen molar-refractivity contribution in [3.05, 3.63) is 88.0 Å². The third-order valence-corrected chi connectivity index (χ3v) is 7.92. The lowest BCUT2D eigenvalue weighted by molar-refractivity contribution is -0.344. The second-order valence-corrected chi connectivity index (χ2v) is 11.3. The summed E-state index contributed by atoms with van der Waals surface area (Å²) in [4.78, 5) is 0. The van der Waals surface area contributed by atoms with E-state index in [1.54, 1.807) is 0 Å². The zero-order valence-electron chi connectivity index (χ0n) is 24.6. The van der Waals surface area contributed by atoms with Gasteiger partial charge in [0.2, 0.25) is 11.4 Å². The average Bonchev–Trinajstić information content (AvgIpc) is 3.27. The van der Waals surface area contributed by atoms with Crippen LogP contribution in [0.2, 0.25) is 0 Å². The lowest BCUT2D eigenvalue weighted by atomic mass is 9.99. The van der Waals surface area contributed by atoms with E-state index >= 15 is 0 Å². The largest absolute Gasteiger partial charge is 0.493 e. The van der Waals surface area contributed by atoms with E-state index in [2.05, 4.69) is 75.4 Å². The van der Waals surface area contributed by atoms with Crippen LogP contribution < -0.4 is 0 Å². The summed E-state index contributed by atoms with van der Waals surface area (Å²) < 4.78 is 1.47. The first-order valence-electron chi connectivity index (χ1n) is 15.8. The predicted octanol–water partition coefficient (Wildman–Crippen LogP) is 11.5. The second-order valence-electron chi connectivity index (χ2n) is 11.3. The third-order valence-electron chi connectivity index (χ3n) is 7.92. The summed E-state index contributed by atoms with van der Waals surface area (Å²) in [7, 11) is 0. The van der Waals surface area contributed by atoms with Crippen molar-refractivity contribution in [2.24, 2.45) is 0 Å². The minimum Gasteiger partial charge on any atom is -0.493 e. The molecular formula is C36H52N2. The van der Waals surface area contributed by atoms with Gasteiger partial charge in [-0.15, -0.1) is 0 Å². The highest BCUT2D eigenvalue weighted by Gasteiger charge is 2.28. The Hall–Kier alpha value is -2.48. The number of aryl methyl sites for hydroxylation is 2. The van der Waals surface area contributed by atoms with Crippen LogP contribution in [0.4, 0.5) is 0 Å². The van der Waals surface area contributed by atoms with Gasteiger partial charge in [-0.25, -0.2) is 4.70 Å². The molecule has 206 valence electrons. The molecule has 2 aromatic carbocycles. The van der Waals surface area contributed by atoms with Crippen LogP contribution in [-0.4, -0.2) is 4.70 Å². The van der Waals surface area contributed by atoms with Crippen LogP contribution in [-0.2, 0) is 12.8 Å². The number of nitrogens with zero attached hydrogens (tertiary/aromatic N) is 2. The highest BCUT2D eigenvalue weighted by atomic mass is 15.2. The molecule has 0 radical (unpaired) electrons. The van der Waals surface area contributed by atoms with Gasteiger partial charge in [0.1, 0.15) is 0 Å². The van der Waals surface area contributed by atoms with E-state index in [4.69, 9.17) is 0 Å². The molecule has 0 N–H and O–H groups in total. The lowest BCUT2D eigenvalue weighted by Gasteiger charge is -2.12. The van der Waals surface area contributed by atoms with Crippen molar-refractivity contribution in [3.63, 3.8) is 0 Å². The van der Waals surface area contributed by atoms with Crippen LogP contribution in [0.15, 0.2) is 60.2 Å². The van der Waals surface area contributed by atoms with Gasteiger partial charge in [-0.2, -0.15) is 0 Å². The van der Waals surface area contributed by atoms with Gasteiger partial charge in [-0.3, -0.25) is 0 Å². The Morgan fingerprint density at radius 2 is 1.05 bits per heavy atom. The Kier molecular flexibility index (Phi) is 13.6. The Balaban J connectivity index is 1.70. The molecule has 0 saturated carbocycles. The third kappa shape index (κ3) is 9.37. The molecule has 2 aromatic rings. The molecule has 0 bridgehead atoms. The lowest BCUT2D eigenvalue weighted by Crippen LogP contribution is -2.03. The Labute approximate surface area is 233 Å². The molecule has 0 spiro atoms. The number of hydrogen-bond acceptors (Lipinski definition) is 0. The van der Waals surface area contributed by atoms with E-state index in [-0.39, 0.29) is 0 Å². The molecule has 38 heavy (non-hydrogen) atoms. The molecule has 2 nitrogen and oxygen atoms in total. The van der Waals surface area contributed by atoms with Crippen LogP contribution in [0.1, 0.15) is 139 Å². The first-order valence-corrected chi connectivity index (χ1v) is 15.8. The van der Waals surface area contributed by atoms with Gasteiger partial charge in [-0.05, 0) is 73.9 Å². The molecule has 0 aromatic heterocycles. The van der Waals surface area contributed by atoms with Crippen molar-refractivity contribution in [1.82, 2.24) is 0 Å². The van der Waals surface area contributed by atoms with Crippen molar-refractivity contribution < 1.29 is 4.70 Å². The molecule has 3 rings (SSSR count). The van der Waals surface area contributed by atoms with E-state index in [1.807, 2.05) is 0 Å². The van der Waals surface area contributed by atoms with E-state index in [9.17, 15) is 5.53 Å². The van der Waals surface area contributed by atoms with Gasteiger partial charge >= 0.3 is 0 Å². The molecule has 0 aliphatic carbocycles. The van der Waals surface area contributed by atoms with Gasteiger partial charge in [0.15, 0.2) is 0 Å². The topological polar surface area (TPSA) is 25.3 Å². The highest BCUT2D eigenvalue weighted by Crippen LogP contribution is 2.38. The number of hydrogen-bond donors (Lipinski definition) is 0. The van der Waals surface area contributed by atoms with E-state index in [0.29, 0.717) is 0 Å². The van der Waals surface area contributed by atoms with Crippen LogP contribution in [0.3, 0.4) is 0 Å². The van der Waals surface area contributed by atoms with Crippen molar-refractivity contribution in [2.75, 3.05) is 0 Å².